The van der Waals surface area contributed by atoms with E-state index in [4.69, 9.17) is 0 Å². The molecule has 0 saturated heterocycles. The molecule has 49 heavy (non-hydrogen) atoms. The van der Waals surface area contributed by atoms with Gasteiger partial charge in [0.1, 0.15) is 18.2 Å². The highest BCUT2D eigenvalue weighted by Crippen LogP contribution is 2.42. The van der Waals surface area contributed by atoms with Crippen LogP contribution >= 0.6 is 0 Å². The van der Waals surface area contributed by atoms with Crippen LogP contribution in [0.15, 0.2) is 109 Å². The molecule has 3 nitrogen and oxygen atoms in total. The minimum Gasteiger partial charge on any atom is -0.229 e. The molecule has 3 heteroatoms. The number of para-hydroxylation sites is 3. The van der Waals surface area contributed by atoms with Gasteiger partial charge in [-0.1, -0.05) is 107 Å². The second-order valence-electron chi connectivity index (χ2n) is 15.5. The van der Waals surface area contributed by atoms with Crippen molar-refractivity contribution < 1.29 is 9.13 Å². The van der Waals surface area contributed by atoms with Gasteiger partial charge in [-0.15, -0.1) is 0 Å². The van der Waals surface area contributed by atoms with Crippen LogP contribution in [0, 0.1) is 13.8 Å². The van der Waals surface area contributed by atoms with E-state index in [9.17, 15) is 0 Å². The van der Waals surface area contributed by atoms with Gasteiger partial charge in [-0.05, 0) is 86.9 Å². The van der Waals surface area contributed by atoms with E-state index in [-0.39, 0.29) is 10.8 Å². The van der Waals surface area contributed by atoms with Crippen LogP contribution in [0.3, 0.4) is 0 Å². The first kappa shape index (κ1) is 34.4. The van der Waals surface area contributed by atoms with Crippen LogP contribution in [0.2, 0.25) is 0 Å². The van der Waals surface area contributed by atoms with Crippen LogP contribution in [0.1, 0.15) is 111 Å². The third-order valence-corrected chi connectivity index (χ3v) is 11.1. The van der Waals surface area contributed by atoms with Gasteiger partial charge in [0.25, 0.3) is 5.82 Å². The summed E-state index contributed by atoms with van der Waals surface area (Å²) in [4.78, 5) is 0. The molecule has 0 radical (unpaired) electrons. The molecule has 2 aromatic heterocycles. The van der Waals surface area contributed by atoms with Crippen LogP contribution in [0.4, 0.5) is 0 Å². The molecule has 0 N–H and O–H groups in total. The molecule has 6 rings (SSSR count). The van der Waals surface area contributed by atoms with Gasteiger partial charge in [0.05, 0.1) is 18.9 Å². The molecular formula is C46H55N3+2. The molecule has 0 aliphatic rings. The summed E-state index contributed by atoms with van der Waals surface area (Å²) < 4.78 is 7.58. The van der Waals surface area contributed by atoms with E-state index in [0.717, 1.165) is 6.42 Å². The fraction of sp³-hybridized carbons (Fsp3) is 0.348. The molecule has 0 bridgehead atoms. The van der Waals surface area contributed by atoms with Gasteiger partial charge in [0.15, 0.2) is 22.4 Å². The zero-order valence-electron chi connectivity index (χ0n) is 31.6. The first-order chi connectivity index (χ1) is 23.3. The Morgan fingerprint density at radius 1 is 0.592 bits per heavy atom. The Morgan fingerprint density at radius 2 is 1.12 bits per heavy atom. The molecule has 6 aromatic rings. The summed E-state index contributed by atoms with van der Waals surface area (Å²) in [6.07, 6.45) is 0.830. The zero-order chi connectivity index (χ0) is 35.2. The number of aromatic nitrogens is 3. The predicted octanol–water partition coefficient (Wildman–Crippen LogP) is 10.0. The van der Waals surface area contributed by atoms with Gasteiger partial charge in [-0.3, -0.25) is 0 Å². The first-order valence-corrected chi connectivity index (χ1v) is 18.0. The second kappa shape index (κ2) is 13.1. The molecular weight excluding hydrogens is 595 g/mol. The number of nitrogens with zero attached hydrogens (tertiary/aromatic N) is 3. The molecule has 0 spiro atoms. The zero-order valence-corrected chi connectivity index (χ0v) is 31.6. The minimum absolute atomic E-state index is 0.170. The molecule has 1 unspecified atom stereocenters. The Labute approximate surface area is 294 Å². The van der Waals surface area contributed by atoms with Crippen molar-refractivity contribution in [3.05, 3.63) is 160 Å². The van der Waals surface area contributed by atoms with Crippen LogP contribution in [0.25, 0.3) is 16.7 Å². The lowest BCUT2D eigenvalue weighted by Crippen LogP contribution is -2.49. The molecule has 0 saturated carbocycles. The fourth-order valence-electron chi connectivity index (χ4n) is 8.62. The summed E-state index contributed by atoms with van der Waals surface area (Å²) in [7, 11) is 4.54. The summed E-state index contributed by atoms with van der Waals surface area (Å²) in [5, 5.41) is 0. The van der Waals surface area contributed by atoms with Crippen molar-refractivity contribution in [1.29, 1.82) is 0 Å². The summed E-state index contributed by atoms with van der Waals surface area (Å²) in [6, 6.07) is 40.7. The van der Waals surface area contributed by atoms with Gasteiger partial charge in [-0.25, -0.2) is 9.13 Å². The molecule has 0 amide bonds. The van der Waals surface area contributed by atoms with Crippen molar-refractivity contribution in [3.8, 4) is 5.69 Å². The van der Waals surface area contributed by atoms with Crippen molar-refractivity contribution in [2.75, 3.05) is 0 Å². The average Bonchev–Trinajstić information content (AvgIpc) is 3.37. The first-order valence-electron chi connectivity index (χ1n) is 18.0. The molecule has 252 valence electrons. The molecule has 4 aromatic carbocycles. The van der Waals surface area contributed by atoms with Gasteiger partial charge < -0.3 is 0 Å². The van der Waals surface area contributed by atoms with Gasteiger partial charge in [0, 0.05) is 23.3 Å². The van der Waals surface area contributed by atoms with Crippen molar-refractivity contribution >= 4 is 11.0 Å². The number of benzene rings is 4. The van der Waals surface area contributed by atoms with Crippen LogP contribution in [-0.4, -0.2) is 4.57 Å². The summed E-state index contributed by atoms with van der Waals surface area (Å²) in [5.74, 6) is 2.04. The standard InChI is InChI=1S/C46H55N3/c1-31(2)36-23-19-24-37(32(3)4)43(36)49-41-28-17-16-27-40(41)48(11)44(49)46(9,39-26-15-13-21-34(39)6)30-35-22-18-29-42(47(35)10)45(7,8)38-25-14-12-20-33(38)5/h12-29,31-32H,30H2,1-11H3/q+2. The Kier molecular flexibility index (Phi) is 9.17. The van der Waals surface area contributed by atoms with Crippen LogP contribution in [-0.2, 0) is 31.3 Å². The Bertz CT molecular complexity index is 2120. The Morgan fingerprint density at radius 3 is 1.71 bits per heavy atom. The van der Waals surface area contributed by atoms with E-state index >= 15 is 0 Å². The van der Waals surface area contributed by atoms with Crippen LogP contribution in [0.5, 0.6) is 0 Å². The topological polar surface area (TPSA) is 12.7 Å². The van der Waals surface area contributed by atoms with E-state index in [1.54, 1.807) is 0 Å². The van der Waals surface area contributed by atoms with Crippen molar-refractivity contribution in [2.24, 2.45) is 14.1 Å². The largest absolute Gasteiger partial charge is 0.273 e. The SMILES string of the molecule is Cc1ccccc1C(C)(C)c1cccc(CC(C)(c2ccccc2C)c2n(-c3c(C(C)C)cccc3C(C)C)c3ccccc3[n+]2C)[n+]1C. The molecule has 2 heterocycles. The number of aryl methyl sites for hydroxylation is 3. The number of hydrogen-bond donors (Lipinski definition) is 0. The third kappa shape index (κ3) is 5.82. The van der Waals surface area contributed by atoms with Crippen molar-refractivity contribution in [3.63, 3.8) is 0 Å². The number of hydrogen-bond acceptors (Lipinski definition) is 0. The van der Waals surface area contributed by atoms with E-state index in [0.29, 0.717) is 11.8 Å². The molecule has 0 aliphatic carbocycles. The molecule has 0 aliphatic heterocycles. The maximum absolute atomic E-state index is 2.63. The van der Waals surface area contributed by atoms with Crippen molar-refractivity contribution in [2.45, 2.75) is 91.4 Å². The van der Waals surface area contributed by atoms with E-state index in [1.807, 2.05) is 0 Å². The van der Waals surface area contributed by atoms with Gasteiger partial charge >= 0.3 is 0 Å². The number of pyridine rings is 1. The van der Waals surface area contributed by atoms with E-state index in [2.05, 4.69) is 199 Å². The lowest BCUT2D eigenvalue weighted by Gasteiger charge is -2.30. The number of rotatable bonds is 9. The Hall–Kier alpha value is -4.50. The monoisotopic (exact) mass is 649 g/mol. The molecule has 1 atom stereocenters. The summed E-state index contributed by atoms with van der Waals surface area (Å²) in [5.41, 5.74) is 14.0. The van der Waals surface area contributed by atoms with Gasteiger partial charge in [-0.2, -0.15) is 4.57 Å². The highest BCUT2D eigenvalue weighted by atomic mass is 15.2. The maximum Gasteiger partial charge on any atom is 0.273 e. The third-order valence-electron chi connectivity index (χ3n) is 11.1. The normalized spacial score (nSPS) is 13.4. The highest BCUT2D eigenvalue weighted by Gasteiger charge is 2.46. The maximum atomic E-state index is 2.63. The minimum atomic E-state index is -0.388. The van der Waals surface area contributed by atoms with Gasteiger partial charge in [0.2, 0.25) is 0 Å². The average molecular weight is 650 g/mol. The van der Waals surface area contributed by atoms with Crippen molar-refractivity contribution in [1.82, 2.24) is 4.57 Å². The smallest absolute Gasteiger partial charge is 0.229 e. The molecule has 0 fully saturated rings. The lowest BCUT2D eigenvalue weighted by molar-refractivity contribution is -0.690. The van der Waals surface area contributed by atoms with E-state index < -0.39 is 0 Å². The summed E-state index contributed by atoms with van der Waals surface area (Å²) >= 11 is 0. The highest BCUT2D eigenvalue weighted by molar-refractivity contribution is 5.77. The van der Waals surface area contributed by atoms with Crippen LogP contribution < -0.4 is 9.13 Å². The fourth-order valence-corrected chi connectivity index (χ4v) is 8.62. The lowest BCUT2D eigenvalue weighted by atomic mass is 9.74. The second-order valence-corrected chi connectivity index (χ2v) is 15.5. The number of imidazole rings is 1. The Balaban J connectivity index is 1.69. The quantitative estimate of drug-likeness (QED) is 0.138. The predicted molar refractivity (Wildman–Crippen MR) is 205 cm³/mol. The summed E-state index contributed by atoms with van der Waals surface area (Å²) in [6.45, 7) is 21.0. The number of fused-ring (bicyclic) bond motifs is 1. The van der Waals surface area contributed by atoms with E-state index in [1.165, 1.54) is 67.3 Å².